The molecule has 6 nitrogen and oxygen atoms in total. The summed E-state index contributed by atoms with van der Waals surface area (Å²) >= 11 is 0. The summed E-state index contributed by atoms with van der Waals surface area (Å²) in [6.07, 6.45) is -0.135. The number of phenols is 2. The Hall–Kier alpha value is -2.24. The van der Waals surface area contributed by atoms with E-state index in [9.17, 15) is 14.7 Å². The lowest BCUT2D eigenvalue weighted by Gasteiger charge is -2.20. The molecule has 6 heteroatoms. The molecule has 1 aromatic carbocycles. The van der Waals surface area contributed by atoms with Gasteiger partial charge in [-0.05, 0) is 25.1 Å². The van der Waals surface area contributed by atoms with E-state index >= 15 is 0 Å². The Kier molecular flexibility index (Phi) is 4.53. The number of benzene rings is 1. The number of nitrogens with zero attached hydrogens (tertiary/aromatic N) is 1. The molecule has 0 saturated carbocycles. The van der Waals surface area contributed by atoms with Gasteiger partial charge in [0.15, 0.2) is 11.5 Å². The maximum Gasteiger partial charge on any atom is 0.305 e. The first-order valence-corrected chi connectivity index (χ1v) is 5.48. The van der Waals surface area contributed by atoms with Crippen molar-refractivity contribution in [3.05, 3.63) is 23.8 Å². The molecule has 0 unspecified atom stereocenters. The lowest BCUT2D eigenvalue weighted by Crippen LogP contribution is -2.32. The van der Waals surface area contributed by atoms with Gasteiger partial charge in [-0.25, -0.2) is 0 Å². The first kappa shape index (κ1) is 13.8. The zero-order valence-electron chi connectivity index (χ0n) is 9.96. The van der Waals surface area contributed by atoms with Crippen LogP contribution in [0.15, 0.2) is 18.2 Å². The van der Waals surface area contributed by atoms with Crippen molar-refractivity contribution in [2.24, 2.45) is 0 Å². The van der Waals surface area contributed by atoms with Crippen molar-refractivity contribution < 1.29 is 24.9 Å². The molecule has 98 valence electrons. The summed E-state index contributed by atoms with van der Waals surface area (Å²) in [5, 5.41) is 27.0. The topological polar surface area (TPSA) is 98.1 Å². The maximum absolute atomic E-state index is 12.0. The van der Waals surface area contributed by atoms with Crippen LogP contribution in [0.3, 0.4) is 0 Å². The molecular weight excluding hydrogens is 238 g/mol. The van der Waals surface area contributed by atoms with Gasteiger partial charge in [0.05, 0.1) is 6.42 Å². The van der Waals surface area contributed by atoms with E-state index in [-0.39, 0.29) is 35.9 Å². The van der Waals surface area contributed by atoms with Gasteiger partial charge in [0.25, 0.3) is 5.91 Å². The number of phenolic OH excluding ortho intramolecular Hbond substituents is 2. The van der Waals surface area contributed by atoms with Crippen LogP contribution in [-0.2, 0) is 4.79 Å². The number of amides is 1. The lowest BCUT2D eigenvalue weighted by molar-refractivity contribution is -0.137. The van der Waals surface area contributed by atoms with Crippen LogP contribution >= 0.6 is 0 Å². The van der Waals surface area contributed by atoms with E-state index in [1.165, 1.54) is 17.0 Å². The van der Waals surface area contributed by atoms with Gasteiger partial charge in [-0.1, -0.05) is 0 Å². The Labute approximate surface area is 104 Å². The molecule has 1 rings (SSSR count). The minimum Gasteiger partial charge on any atom is -0.504 e. The molecule has 0 radical (unpaired) electrons. The number of carbonyl (C=O) groups is 2. The van der Waals surface area contributed by atoms with Gasteiger partial charge >= 0.3 is 5.97 Å². The molecule has 0 saturated heterocycles. The summed E-state index contributed by atoms with van der Waals surface area (Å²) in [4.78, 5) is 23.8. The van der Waals surface area contributed by atoms with Crippen molar-refractivity contribution in [1.29, 1.82) is 0 Å². The highest BCUT2D eigenvalue weighted by atomic mass is 16.4. The third-order valence-electron chi connectivity index (χ3n) is 2.49. The Morgan fingerprint density at radius 2 is 1.89 bits per heavy atom. The van der Waals surface area contributed by atoms with E-state index in [1.54, 1.807) is 6.92 Å². The predicted octanol–water partition coefficient (Wildman–Crippen LogP) is 1.03. The maximum atomic E-state index is 12.0. The van der Waals surface area contributed by atoms with Gasteiger partial charge in [0.1, 0.15) is 0 Å². The third-order valence-corrected chi connectivity index (χ3v) is 2.49. The van der Waals surface area contributed by atoms with Crippen molar-refractivity contribution >= 4 is 11.9 Å². The van der Waals surface area contributed by atoms with Crippen LogP contribution in [0, 0.1) is 0 Å². The predicted molar refractivity (Wildman–Crippen MR) is 63.6 cm³/mol. The van der Waals surface area contributed by atoms with E-state index in [2.05, 4.69) is 0 Å². The van der Waals surface area contributed by atoms with Crippen molar-refractivity contribution in [3.63, 3.8) is 0 Å². The number of carbonyl (C=O) groups excluding carboxylic acids is 1. The highest BCUT2D eigenvalue weighted by Crippen LogP contribution is 2.25. The molecule has 1 aromatic rings. The number of hydrogen-bond donors (Lipinski definition) is 3. The largest absolute Gasteiger partial charge is 0.504 e. The highest BCUT2D eigenvalue weighted by molar-refractivity contribution is 5.95. The molecule has 0 aliphatic rings. The molecule has 0 aromatic heterocycles. The Morgan fingerprint density at radius 1 is 1.22 bits per heavy atom. The summed E-state index contributed by atoms with van der Waals surface area (Å²) in [6, 6.07) is 3.75. The fourth-order valence-electron chi connectivity index (χ4n) is 1.47. The molecule has 0 heterocycles. The first-order valence-electron chi connectivity index (χ1n) is 5.48. The summed E-state index contributed by atoms with van der Waals surface area (Å²) < 4.78 is 0. The summed E-state index contributed by atoms with van der Waals surface area (Å²) in [5.74, 6) is -2.04. The van der Waals surface area contributed by atoms with Gasteiger partial charge < -0.3 is 20.2 Å². The summed E-state index contributed by atoms with van der Waals surface area (Å²) in [5.41, 5.74) is 0.206. The molecule has 0 spiro atoms. The summed E-state index contributed by atoms with van der Waals surface area (Å²) in [7, 11) is 0. The van der Waals surface area contributed by atoms with Crippen LogP contribution in [0.1, 0.15) is 23.7 Å². The number of rotatable bonds is 5. The number of carboxylic acid groups (broad SMARTS) is 1. The number of aromatic hydroxyl groups is 2. The van der Waals surface area contributed by atoms with Gasteiger partial charge in [-0.3, -0.25) is 9.59 Å². The van der Waals surface area contributed by atoms with Gasteiger partial charge in [0, 0.05) is 18.7 Å². The standard InChI is InChI=1S/C12H15NO5/c1-2-13(6-5-11(16)17)12(18)8-3-4-9(14)10(15)7-8/h3-4,7,14-15H,2,5-6H2,1H3,(H,16,17). The number of carboxylic acids is 1. The monoisotopic (exact) mass is 253 g/mol. The highest BCUT2D eigenvalue weighted by Gasteiger charge is 2.16. The van der Waals surface area contributed by atoms with E-state index < -0.39 is 5.97 Å². The zero-order chi connectivity index (χ0) is 13.7. The smallest absolute Gasteiger partial charge is 0.305 e. The summed E-state index contributed by atoms with van der Waals surface area (Å²) in [6.45, 7) is 2.21. The molecule has 0 aliphatic carbocycles. The van der Waals surface area contributed by atoms with E-state index in [4.69, 9.17) is 10.2 Å². The van der Waals surface area contributed by atoms with Crippen molar-refractivity contribution in [2.75, 3.05) is 13.1 Å². The molecule has 0 atom stereocenters. The zero-order valence-corrected chi connectivity index (χ0v) is 9.96. The molecule has 3 N–H and O–H groups in total. The minimum absolute atomic E-state index is 0.103. The van der Waals surface area contributed by atoms with Crippen LogP contribution < -0.4 is 0 Å². The minimum atomic E-state index is -0.977. The second kappa shape index (κ2) is 5.90. The molecule has 18 heavy (non-hydrogen) atoms. The SMILES string of the molecule is CCN(CCC(=O)O)C(=O)c1ccc(O)c(O)c1. The van der Waals surface area contributed by atoms with Crippen LogP contribution in [0.25, 0.3) is 0 Å². The van der Waals surface area contributed by atoms with Gasteiger partial charge in [-0.15, -0.1) is 0 Å². The normalized spacial score (nSPS) is 10.1. The van der Waals surface area contributed by atoms with Crippen molar-refractivity contribution in [2.45, 2.75) is 13.3 Å². The third kappa shape index (κ3) is 3.38. The number of aliphatic carboxylic acids is 1. The second-order valence-corrected chi connectivity index (χ2v) is 3.73. The second-order valence-electron chi connectivity index (χ2n) is 3.73. The van der Waals surface area contributed by atoms with E-state index in [1.807, 2.05) is 0 Å². The Morgan fingerprint density at radius 3 is 2.39 bits per heavy atom. The van der Waals surface area contributed by atoms with E-state index in [0.29, 0.717) is 6.54 Å². The molecule has 0 fully saturated rings. The van der Waals surface area contributed by atoms with Crippen molar-refractivity contribution in [1.82, 2.24) is 4.90 Å². The van der Waals surface area contributed by atoms with Gasteiger partial charge in [0.2, 0.25) is 0 Å². The van der Waals surface area contributed by atoms with Crippen LogP contribution in [0.2, 0.25) is 0 Å². The van der Waals surface area contributed by atoms with Crippen LogP contribution in [0.4, 0.5) is 0 Å². The Balaban J connectivity index is 2.82. The van der Waals surface area contributed by atoms with Crippen LogP contribution in [0.5, 0.6) is 11.5 Å². The van der Waals surface area contributed by atoms with Crippen molar-refractivity contribution in [3.8, 4) is 11.5 Å². The van der Waals surface area contributed by atoms with Gasteiger partial charge in [-0.2, -0.15) is 0 Å². The quantitative estimate of drug-likeness (QED) is 0.681. The molecule has 0 aliphatic heterocycles. The molecule has 0 bridgehead atoms. The fraction of sp³-hybridized carbons (Fsp3) is 0.333. The Bertz CT molecular complexity index is 458. The average molecular weight is 253 g/mol. The van der Waals surface area contributed by atoms with E-state index in [0.717, 1.165) is 6.07 Å². The molecule has 1 amide bonds. The lowest BCUT2D eigenvalue weighted by atomic mass is 10.1. The first-order chi connectivity index (χ1) is 8.45. The number of hydrogen-bond acceptors (Lipinski definition) is 4. The fourth-order valence-corrected chi connectivity index (χ4v) is 1.47. The average Bonchev–Trinajstić information content (AvgIpc) is 2.32. The van der Waals surface area contributed by atoms with Crippen LogP contribution in [-0.4, -0.2) is 45.2 Å². The molecular formula is C12H15NO5.